The molecule has 1 aromatic carbocycles. The minimum Gasteiger partial charge on any atom is -0.355 e. The van der Waals surface area contributed by atoms with Gasteiger partial charge >= 0.3 is 6.18 Å². The zero-order valence-corrected chi connectivity index (χ0v) is 14.4. The van der Waals surface area contributed by atoms with Gasteiger partial charge in [-0.2, -0.15) is 13.2 Å². The molecule has 4 nitrogen and oxygen atoms in total. The van der Waals surface area contributed by atoms with Crippen molar-refractivity contribution in [1.29, 1.82) is 0 Å². The van der Waals surface area contributed by atoms with Crippen molar-refractivity contribution >= 4 is 27.5 Å². The molecule has 24 heavy (non-hydrogen) atoms. The number of alkyl halides is 3. The molecule has 0 aliphatic carbocycles. The summed E-state index contributed by atoms with van der Waals surface area (Å²) in [5, 5.41) is 2.66. The van der Waals surface area contributed by atoms with E-state index < -0.39 is 21.6 Å². The molecule has 2 rings (SSSR count). The van der Waals surface area contributed by atoms with Crippen LogP contribution in [0.25, 0.3) is 0 Å². The van der Waals surface area contributed by atoms with Crippen molar-refractivity contribution in [1.82, 2.24) is 5.32 Å². The molecule has 0 aromatic heterocycles. The van der Waals surface area contributed by atoms with Gasteiger partial charge < -0.3 is 5.32 Å². The maximum atomic E-state index is 12.4. The lowest BCUT2D eigenvalue weighted by molar-refractivity contribution is -0.137. The van der Waals surface area contributed by atoms with Crippen LogP contribution in [0.5, 0.6) is 0 Å². The summed E-state index contributed by atoms with van der Waals surface area (Å²) >= 11 is 1.33. The fraction of sp³-hybridized carbons (Fsp3) is 0.533. The molecule has 1 unspecified atom stereocenters. The van der Waals surface area contributed by atoms with Crippen LogP contribution >= 0.6 is 11.8 Å². The smallest absolute Gasteiger partial charge is 0.355 e. The van der Waals surface area contributed by atoms with Crippen LogP contribution in [0, 0.1) is 0 Å². The molecule has 1 heterocycles. The van der Waals surface area contributed by atoms with Gasteiger partial charge in [0.2, 0.25) is 5.91 Å². The number of carbonyl (C=O) groups is 1. The van der Waals surface area contributed by atoms with Crippen molar-refractivity contribution in [2.75, 3.05) is 23.8 Å². The van der Waals surface area contributed by atoms with Crippen LogP contribution < -0.4 is 5.32 Å². The van der Waals surface area contributed by atoms with Crippen LogP contribution in [-0.2, 0) is 27.2 Å². The topological polar surface area (TPSA) is 63.2 Å². The lowest BCUT2D eigenvalue weighted by Gasteiger charge is -2.09. The zero-order chi connectivity index (χ0) is 17.8. The van der Waals surface area contributed by atoms with Crippen LogP contribution in [0.1, 0.15) is 17.5 Å². The molecule has 0 radical (unpaired) electrons. The Balaban J connectivity index is 1.67. The summed E-state index contributed by atoms with van der Waals surface area (Å²) in [6, 6.07) is 4.83. The van der Waals surface area contributed by atoms with Crippen molar-refractivity contribution in [3.63, 3.8) is 0 Å². The van der Waals surface area contributed by atoms with Crippen molar-refractivity contribution in [2.24, 2.45) is 0 Å². The number of halogens is 3. The van der Waals surface area contributed by atoms with E-state index in [9.17, 15) is 26.4 Å². The number of hydrogen-bond donors (Lipinski definition) is 1. The van der Waals surface area contributed by atoms with E-state index in [0.717, 1.165) is 12.1 Å². The second kappa shape index (κ2) is 7.77. The zero-order valence-electron chi connectivity index (χ0n) is 12.8. The highest BCUT2D eigenvalue weighted by atomic mass is 32.2. The Kier molecular flexibility index (Phi) is 6.19. The molecule has 1 aliphatic heterocycles. The summed E-state index contributed by atoms with van der Waals surface area (Å²) in [5.41, 5.74) is 0.0102. The summed E-state index contributed by atoms with van der Waals surface area (Å²) in [5.74, 6) is 0.292. The van der Waals surface area contributed by atoms with Crippen LogP contribution in [0.15, 0.2) is 24.3 Å². The van der Waals surface area contributed by atoms with Crippen LogP contribution in [0.2, 0.25) is 0 Å². The lowest BCUT2D eigenvalue weighted by Crippen LogP contribution is -2.28. The van der Waals surface area contributed by atoms with Gasteiger partial charge in [0.25, 0.3) is 0 Å². The number of thioether (sulfide) groups is 1. The van der Waals surface area contributed by atoms with Gasteiger partial charge in [0.15, 0.2) is 9.84 Å². The summed E-state index contributed by atoms with van der Waals surface area (Å²) in [6.45, 7) is 0.327. The van der Waals surface area contributed by atoms with Gasteiger partial charge in [-0.1, -0.05) is 12.1 Å². The van der Waals surface area contributed by atoms with E-state index in [1.807, 2.05) is 0 Å². The third-order valence-electron chi connectivity index (χ3n) is 3.66. The molecule has 9 heteroatoms. The molecule has 1 N–H and O–H groups in total. The van der Waals surface area contributed by atoms with E-state index in [0.29, 0.717) is 24.9 Å². The van der Waals surface area contributed by atoms with Gasteiger partial charge in [0.1, 0.15) is 0 Å². The third-order valence-corrected chi connectivity index (χ3v) is 6.94. The fourth-order valence-corrected chi connectivity index (χ4v) is 5.82. The molecule has 1 fully saturated rings. The molecule has 1 saturated heterocycles. The number of nitrogens with one attached hydrogen (secondary N) is 1. The first-order valence-electron chi connectivity index (χ1n) is 7.40. The fourth-order valence-electron chi connectivity index (χ4n) is 2.34. The Hall–Kier alpha value is -1.22. The second-order valence-corrected chi connectivity index (χ2v) is 9.15. The molecule has 1 amide bonds. The normalized spacial score (nSPS) is 20.0. The molecule has 1 atom stereocenters. The van der Waals surface area contributed by atoms with E-state index in [2.05, 4.69) is 5.32 Å². The number of carbonyl (C=O) groups excluding carboxylic acids is 1. The molecular formula is C15H18F3NO3S2. The van der Waals surface area contributed by atoms with E-state index in [4.69, 9.17) is 0 Å². The van der Waals surface area contributed by atoms with Gasteiger partial charge in [-0.25, -0.2) is 8.42 Å². The average molecular weight is 381 g/mol. The van der Waals surface area contributed by atoms with Crippen LogP contribution in [0.3, 0.4) is 0 Å². The molecular weight excluding hydrogens is 363 g/mol. The number of rotatable bonds is 6. The predicted octanol–water partition coefficient (Wildman–Crippen LogP) is 2.28. The second-order valence-electron chi connectivity index (χ2n) is 5.63. The summed E-state index contributed by atoms with van der Waals surface area (Å²) in [4.78, 5) is 11.7. The maximum Gasteiger partial charge on any atom is 0.416 e. The van der Waals surface area contributed by atoms with E-state index in [-0.39, 0.29) is 28.4 Å². The Labute approximate surface area is 143 Å². The van der Waals surface area contributed by atoms with Gasteiger partial charge in [-0.05, 0) is 30.5 Å². The number of amides is 1. The van der Waals surface area contributed by atoms with Crippen LogP contribution in [0.4, 0.5) is 13.2 Å². The summed E-state index contributed by atoms with van der Waals surface area (Å²) < 4.78 is 60.0. The lowest BCUT2D eigenvalue weighted by atomic mass is 10.1. The van der Waals surface area contributed by atoms with Crippen molar-refractivity contribution in [3.05, 3.63) is 35.4 Å². The average Bonchev–Trinajstić information content (AvgIpc) is 2.84. The molecule has 1 aliphatic rings. The van der Waals surface area contributed by atoms with E-state index >= 15 is 0 Å². The molecule has 1 aromatic rings. The molecule has 134 valence electrons. The summed E-state index contributed by atoms with van der Waals surface area (Å²) in [6.07, 6.45) is -3.34. The van der Waals surface area contributed by atoms with Crippen LogP contribution in [-0.4, -0.2) is 43.4 Å². The first kappa shape index (κ1) is 19.1. The third kappa shape index (κ3) is 6.01. The van der Waals surface area contributed by atoms with E-state index in [1.54, 1.807) is 0 Å². The number of benzene rings is 1. The highest BCUT2D eigenvalue weighted by Gasteiger charge is 2.30. The van der Waals surface area contributed by atoms with Gasteiger partial charge in [0, 0.05) is 11.8 Å². The van der Waals surface area contributed by atoms with E-state index in [1.165, 1.54) is 23.9 Å². The quantitative estimate of drug-likeness (QED) is 0.821. The van der Waals surface area contributed by atoms with Gasteiger partial charge in [0.05, 0.1) is 22.8 Å². The van der Waals surface area contributed by atoms with Gasteiger partial charge in [-0.15, -0.1) is 11.8 Å². The Bertz CT molecular complexity index is 672. The predicted molar refractivity (Wildman–Crippen MR) is 87.7 cm³/mol. The standard InChI is InChI=1S/C15H18F3NO3S2/c16-15(17,18)12-3-1-11(2-4-12)5-7-19-14(20)9-23-13-6-8-24(21,22)10-13/h1-4,13H,5-10H2,(H,19,20). The minimum atomic E-state index is -4.35. The highest BCUT2D eigenvalue weighted by Crippen LogP contribution is 2.29. The highest BCUT2D eigenvalue weighted by molar-refractivity contribution is 8.02. The Morgan fingerprint density at radius 3 is 2.46 bits per heavy atom. The summed E-state index contributed by atoms with van der Waals surface area (Å²) in [7, 11) is -2.94. The number of hydrogen-bond acceptors (Lipinski definition) is 4. The SMILES string of the molecule is O=C(CSC1CCS(=O)(=O)C1)NCCc1ccc(C(F)(F)F)cc1. The van der Waals surface area contributed by atoms with Gasteiger partial charge in [-0.3, -0.25) is 4.79 Å². The largest absolute Gasteiger partial charge is 0.416 e. The van der Waals surface area contributed by atoms with Crippen molar-refractivity contribution in [2.45, 2.75) is 24.3 Å². The Morgan fingerprint density at radius 1 is 1.25 bits per heavy atom. The molecule has 0 saturated carbocycles. The Morgan fingerprint density at radius 2 is 1.92 bits per heavy atom. The number of sulfone groups is 1. The van der Waals surface area contributed by atoms with Crippen molar-refractivity contribution in [3.8, 4) is 0 Å². The monoisotopic (exact) mass is 381 g/mol. The van der Waals surface area contributed by atoms with Crippen molar-refractivity contribution < 1.29 is 26.4 Å². The molecule has 0 bridgehead atoms. The first-order chi connectivity index (χ1) is 11.2. The first-order valence-corrected chi connectivity index (χ1v) is 10.3. The maximum absolute atomic E-state index is 12.4. The minimum absolute atomic E-state index is 0.0318. The molecule has 0 spiro atoms.